The fourth-order valence-electron chi connectivity index (χ4n) is 2.23. The molecule has 1 aliphatic rings. The molecule has 0 bridgehead atoms. The van der Waals surface area contributed by atoms with Crippen LogP contribution in [0.5, 0.6) is 0 Å². The summed E-state index contributed by atoms with van der Waals surface area (Å²) in [4.78, 5) is 12.2. The van der Waals surface area contributed by atoms with Crippen molar-refractivity contribution in [2.75, 3.05) is 18.5 Å². The van der Waals surface area contributed by atoms with Crippen LogP contribution in [-0.4, -0.2) is 19.3 Å². The summed E-state index contributed by atoms with van der Waals surface area (Å²) in [6, 6.07) is 7.72. The highest BCUT2D eigenvalue weighted by atomic mass is 32.1. The summed E-state index contributed by atoms with van der Waals surface area (Å²) in [7, 11) is 0. The lowest BCUT2D eigenvalue weighted by molar-refractivity contribution is 0.120. The highest BCUT2D eigenvalue weighted by Crippen LogP contribution is 2.19. The molecule has 3 nitrogen and oxygen atoms in total. The second kappa shape index (κ2) is 5.08. The Morgan fingerprint density at radius 1 is 1.39 bits per heavy atom. The second-order valence-corrected chi connectivity index (χ2v) is 5.40. The first-order valence-electron chi connectivity index (χ1n) is 6.20. The maximum absolute atomic E-state index is 12.2. The van der Waals surface area contributed by atoms with E-state index in [9.17, 15) is 4.79 Å². The van der Waals surface area contributed by atoms with E-state index < -0.39 is 0 Å². The van der Waals surface area contributed by atoms with Gasteiger partial charge in [0.2, 0.25) is 5.43 Å². The van der Waals surface area contributed by atoms with Crippen molar-refractivity contribution in [3.8, 4) is 0 Å². The Morgan fingerprint density at radius 3 is 3.11 bits per heavy atom. The lowest BCUT2D eigenvalue weighted by Gasteiger charge is -2.11. The molecule has 0 saturated carbocycles. The third-order valence-electron chi connectivity index (χ3n) is 3.22. The molecule has 0 spiro atoms. The van der Waals surface area contributed by atoms with E-state index in [0.29, 0.717) is 5.69 Å². The summed E-state index contributed by atoms with van der Waals surface area (Å²) in [6.07, 6.45) is 2.45. The molecule has 3 rings (SSSR count). The molecular weight excluding hydrogens is 246 g/mol. The number of rotatable bonds is 3. The fourth-order valence-corrected chi connectivity index (χ4v) is 3.11. The summed E-state index contributed by atoms with van der Waals surface area (Å²) >= 11 is 1.60. The van der Waals surface area contributed by atoms with Gasteiger partial charge in [0.25, 0.3) is 0 Å². The second-order valence-electron chi connectivity index (χ2n) is 4.49. The van der Waals surface area contributed by atoms with Crippen LogP contribution in [-0.2, 0) is 4.74 Å². The van der Waals surface area contributed by atoms with Crippen LogP contribution in [0.4, 0.5) is 5.69 Å². The van der Waals surface area contributed by atoms with Gasteiger partial charge in [-0.2, -0.15) is 0 Å². The number of benzene rings is 1. The van der Waals surface area contributed by atoms with Crippen LogP contribution in [0.3, 0.4) is 0 Å². The maximum Gasteiger partial charge on any atom is 0.211 e. The molecule has 0 amide bonds. The number of anilines is 1. The van der Waals surface area contributed by atoms with E-state index in [1.807, 2.05) is 29.6 Å². The first-order valence-corrected chi connectivity index (χ1v) is 7.08. The van der Waals surface area contributed by atoms with Gasteiger partial charge in [0.1, 0.15) is 0 Å². The van der Waals surface area contributed by atoms with Gasteiger partial charge in [-0.3, -0.25) is 4.79 Å². The molecule has 18 heavy (non-hydrogen) atoms. The molecule has 1 saturated heterocycles. The van der Waals surface area contributed by atoms with Crippen molar-refractivity contribution in [3.05, 3.63) is 39.9 Å². The van der Waals surface area contributed by atoms with Crippen LogP contribution < -0.4 is 10.7 Å². The highest BCUT2D eigenvalue weighted by molar-refractivity contribution is 7.16. The van der Waals surface area contributed by atoms with E-state index in [-0.39, 0.29) is 11.5 Å². The lowest BCUT2D eigenvalue weighted by atomic mass is 10.2. The van der Waals surface area contributed by atoms with Gasteiger partial charge < -0.3 is 10.1 Å². The minimum absolute atomic E-state index is 0.0855. The van der Waals surface area contributed by atoms with Crippen LogP contribution in [0.1, 0.15) is 12.8 Å². The zero-order valence-electron chi connectivity index (χ0n) is 10.0. The monoisotopic (exact) mass is 261 g/mol. The Morgan fingerprint density at radius 2 is 2.28 bits per heavy atom. The molecule has 0 aliphatic carbocycles. The predicted molar refractivity (Wildman–Crippen MR) is 75.6 cm³/mol. The van der Waals surface area contributed by atoms with E-state index in [1.54, 1.807) is 11.3 Å². The summed E-state index contributed by atoms with van der Waals surface area (Å²) in [5.41, 5.74) is 0.775. The summed E-state index contributed by atoms with van der Waals surface area (Å²) in [5.74, 6) is 0. The summed E-state index contributed by atoms with van der Waals surface area (Å²) in [6.45, 7) is 1.57. The average molecular weight is 261 g/mol. The van der Waals surface area contributed by atoms with E-state index in [2.05, 4.69) is 5.32 Å². The quantitative estimate of drug-likeness (QED) is 0.923. The number of fused-ring (bicyclic) bond motifs is 1. The Labute approximate surface area is 109 Å². The lowest BCUT2D eigenvalue weighted by Crippen LogP contribution is -2.21. The van der Waals surface area contributed by atoms with E-state index in [0.717, 1.165) is 36.1 Å². The van der Waals surface area contributed by atoms with Crippen molar-refractivity contribution >= 4 is 27.1 Å². The van der Waals surface area contributed by atoms with Gasteiger partial charge in [0, 0.05) is 28.6 Å². The van der Waals surface area contributed by atoms with Gasteiger partial charge in [-0.25, -0.2) is 0 Å². The van der Waals surface area contributed by atoms with Crippen LogP contribution in [0.2, 0.25) is 0 Å². The van der Waals surface area contributed by atoms with Gasteiger partial charge in [-0.15, -0.1) is 11.3 Å². The minimum Gasteiger partial charge on any atom is -0.379 e. The Kier molecular flexibility index (Phi) is 3.30. The molecular formula is C14H15NO2S. The third-order valence-corrected chi connectivity index (χ3v) is 4.19. The van der Waals surface area contributed by atoms with Crippen molar-refractivity contribution in [1.29, 1.82) is 0 Å². The molecule has 1 N–H and O–H groups in total. The molecule has 1 aliphatic heterocycles. The predicted octanol–water partition coefficient (Wildman–Crippen LogP) is 2.85. The molecule has 2 heterocycles. The van der Waals surface area contributed by atoms with E-state index in [4.69, 9.17) is 4.74 Å². The van der Waals surface area contributed by atoms with E-state index >= 15 is 0 Å². The largest absolute Gasteiger partial charge is 0.379 e. The van der Waals surface area contributed by atoms with Crippen molar-refractivity contribution in [3.63, 3.8) is 0 Å². The molecule has 1 atom stereocenters. The fraction of sp³-hybridized carbons (Fsp3) is 0.357. The average Bonchev–Trinajstić information content (AvgIpc) is 2.91. The minimum atomic E-state index is 0.0855. The van der Waals surface area contributed by atoms with Crippen molar-refractivity contribution in [1.82, 2.24) is 0 Å². The third kappa shape index (κ3) is 2.26. The van der Waals surface area contributed by atoms with Crippen LogP contribution in [0.25, 0.3) is 10.1 Å². The van der Waals surface area contributed by atoms with Gasteiger partial charge in [-0.05, 0) is 25.0 Å². The molecule has 1 aromatic carbocycles. The number of hydrogen-bond donors (Lipinski definition) is 1. The molecule has 1 fully saturated rings. The van der Waals surface area contributed by atoms with Gasteiger partial charge in [0.05, 0.1) is 11.8 Å². The summed E-state index contributed by atoms with van der Waals surface area (Å²) in [5, 5.41) is 5.91. The molecule has 0 radical (unpaired) electrons. The number of nitrogens with one attached hydrogen (secondary N) is 1. The van der Waals surface area contributed by atoms with Crippen LogP contribution >= 0.6 is 11.3 Å². The SMILES string of the molecule is O=c1c(NC[C@H]2CCCO2)csc2ccccc12. The Balaban J connectivity index is 1.83. The number of ether oxygens (including phenoxy) is 1. The first-order chi connectivity index (χ1) is 8.84. The topological polar surface area (TPSA) is 38.3 Å². The molecule has 1 aromatic heterocycles. The van der Waals surface area contributed by atoms with E-state index in [1.165, 1.54) is 0 Å². The van der Waals surface area contributed by atoms with Gasteiger partial charge in [0.15, 0.2) is 0 Å². The standard InChI is InChI=1S/C14H15NO2S/c16-14-11-5-1-2-6-13(11)18-9-12(14)15-8-10-4-3-7-17-10/h1-2,5-6,9-10,15H,3-4,7-8H2/t10-/m1/s1. The Hall–Kier alpha value is -1.39. The molecule has 4 heteroatoms. The molecule has 94 valence electrons. The zero-order chi connectivity index (χ0) is 12.4. The van der Waals surface area contributed by atoms with Crippen LogP contribution in [0.15, 0.2) is 34.4 Å². The van der Waals surface area contributed by atoms with Crippen molar-refractivity contribution in [2.45, 2.75) is 18.9 Å². The van der Waals surface area contributed by atoms with Crippen molar-refractivity contribution < 1.29 is 4.74 Å². The van der Waals surface area contributed by atoms with Gasteiger partial charge >= 0.3 is 0 Å². The molecule has 0 unspecified atom stereocenters. The normalized spacial score (nSPS) is 19.2. The Bertz CT molecular complexity index is 602. The van der Waals surface area contributed by atoms with Gasteiger partial charge in [-0.1, -0.05) is 12.1 Å². The highest BCUT2D eigenvalue weighted by Gasteiger charge is 2.15. The molecule has 2 aromatic rings. The van der Waals surface area contributed by atoms with Crippen molar-refractivity contribution in [2.24, 2.45) is 0 Å². The number of hydrogen-bond acceptors (Lipinski definition) is 4. The maximum atomic E-state index is 12.2. The van der Waals surface area contributed by atoms with Crippen LogP contribution in [0, 0.1) is 0 Å². The first kappa shape index (κ1) is 11.7. The smallest absolute Gasteiger partial charge is 0.211 e. The zero-order valence-corrected chi connectivity index (χ0v) is 10.8. The summed E-state index contributed by atoms with van der Waals surface area (Å²) < 4.78 is 6.57.